The van der Waals surface area contributed by atoms with E-state index in [2.05, 4.69) is 4.98 Å². The maximum absolute atomic E-state index is 14.4. The normalized spacial score (nSPS) is 12.0. The van der Waals surface area contributed by atoms with Gasteiger partial charge in [0, 0.05) is 17.5 Å². The van der Waals surface area contributed by atoms with Crippen molar-refractivity contribution in [3.63, 3.8) is 0 Å². The van der Waals surface area contributed by atoms with Crippen molar-refractivity contribution in [3.05, 3.63) is 70.2 Å². The van der Waals surface area contributed by atoms with E-state index < -0.39 is 23.5 Å². The molecular weight excluding hydrogens is 360 g/mol. The molecule has 0 spiro atoms. The Balaban J connectivity index is 2.11. The Bertz CT molecular complexity index is 929. The zero-order valence-electron chi connectivity index (χ0n) is 13.8. The van der Waals surface area contributed by atoms with Gasteiger partial charge in [0.1, 0.15) is 10.8 Å². The SMILES string of the molecule is COc1ccc(F)c(F)c1-c1cccc(C(CC(=O)O)c2nccs2)c1. The van der Waals surface area contributed by atoms with E-state index in [1.54, 1.807) is 35.8 Å². The second kappa shape index (κ2) is 7.61. The molecule has 1 atom stereocenters. The summed E-state index contributed by atoms with van der Waals surface area (Å²) in [6.45, 7) is 0. The topological polar surface area (TPSA) is 59.4 Å². The first kappa shape index (κ1) is 18.0. The molecule has 1 heterocycles. The number of carbonyl (C=O) groups is 1. The van der Waals surface area contributed by atoms with Crippen LogP contribution in [0.25, 0.3) is 11.1 Å². The van der Waals surface area contributed by atoms with Crippen molar-refractivity contribution in [1.82, 2.24) is 4.98 Å². The molecule has 0 bridgehead atoms. The van der Waals surface area contributed by atoms with Gasteiger partial charge in [-0.15, -0.1) is 11.3 Å². The van der Waals surface area contributed by atoms with Crippen LogP contribution >= 0.6 is 11.3 Å². The lowest BCUT2D eigenvalue weighted by Gasteiger charge is -2.16. The molecular formula is C19H15F2NO3S. The summed E-state index contributed by atoms with van der Waals surface area (Å²) >= 11 is 1.35. The molecule has 134 valence electrons. The molecule has 1 aromatic heterocycles. The number of thiazole rings is 1. The Labute approximate surface area is 152 Å². The minimum absolute atomic E-state index is 0.00237. The van der Waals surface area contributed by atoms with E-state index in [1.807, 2.05) is 0 Å². The molecule has 4 nitrogen and oxygen atoms in total. The molecule has 0 amide bonds. The average Bonchev–Trinajstić information content (AvgIpc) is 3.16. The summed E-state index contributed by atoms with van der Waals surface area (Å²) in [5.74, 6) is -3.23. The maximum atomic E-state index is 14.4. The quantitative estimate of drug-likeness (QED) is 0.678. The second-order valence-corrected chi connectivity index (χ2v) is 6.51. The molecule has 1 N–H and O–H groups in total. The molecule has 3 rings (SSSR count). The summed E-state index contributed by atoms with van der Waals surface area (Å²) in [6, 6.07) is 9.07. The van der Waals surface area contributed by atoms with Crippen molar-refractivity contribution < 1.29 is 23.4 Å². The van der Waals surface area contributed by atoms with Crippen LogP contribution in [0.3, 0.4) is 0 Å². The number of halogens is 2. The maximum Gasteiger partial charge on any atom is 0.304 e. The summed E-state index contributed by atoms with van der Waals surface area (Å²) in [5.41, 5.74) is 1.07. The molecule has 0 saturated heterocycles. The average molecular weight is 375 g/mol. The third kappa shape index (κ3) is 3.57. The second-order valence-electron chi connectivity index (χ2n) is 5.58. The van der Waals surface area contributed by atoms with Crippen LogP contribution in [0.2, 0.25) is 0 Å². The number of hydrogen-bond acceptors (Lipinski definition) is 4. The van der Waals surface area contributed by atoms with Gasteiger partial charge in [0.25, 0.3) is 0 Å². The van der Waals surface area contributed by atoms with E-state index in [1.165, 1.54) is 24.5 Å². The van der Waals surface area contributed by atoms with E-state index in [9.17, 15) is 18.7 Å². The number of methoxy groups -OCH3 is 1. The van der Waals surface area contributed by atoms with Gasteiger partial charge in [-0.3, -0.25) is 4.79 Å². The van der Waals surface area contributed by atoms with Crippen molar-refractivity contribution in [2.75, 3.05) is 7.11 Å². The zero-order chi connectivity index (χ0) is 18.7. The minimum Gasteiger partial charge on any atom is -0.496 e. The van der Waals surface area contributed by atoms with E-state index in [-0.39, 0.29) is 17.7 Å². The molecule has 0 saturated carbocycles. The molecule has 3 aromatic rings. The van der Waals surface area contributed by atoms with Crippen LogP contribution in [-0.2, 0) is 4.79 Å². The van der Waals surface area contributed by atoms with Crippen molar-refractivity contribution in [2.24, 2.45) is 0 Å². The van der Waals surface area contributed by atoms with Gasteiger partial charge in [0.2, 0.25) is 0 Å². The fourth-order valence-corrected chi connectivity index (χ4v) is 3.58. The highest BCUT2D eigenvalue weighted by molar-refractivity contribution is 7.09. The van der Waals surface area contributed by atoms with E-state index in [0.717, 1.165) is 6.07 Å². The highest BCUT2D eigenvalue weighted by atomic mass is 32.1. The molecule has 0 fully saturated rings. The minimum atomic E-state index is -1.01. The van der Waals surface area contributed by atoms with Crippen LogP contribution in [0, 0.1) is 11.6 Å². The van der Waals surface area contributed by atoms with Crippen LogP contribution in [-0.4, -0.2) is 23.2 Å². The molecule has 2 aromatic carbocycles. The van der Waals surface area contributed by atoms with Crippen LogP contribution in [0.4, 0.5) is 8.78 Å². The van der Waals surface area contributed by atoms with Gasteiger partial charge in [-0.2, -0.15) is 0 Å². The molecule has 0 radical (unpaired) electrons. The fourth-order valence-electron chi connectivity index (χ4n) is 2.81. The number of rotatable bonds is 6. The third-order valence-corrected chi connectivity index (χ3v) is 4.87. The molecule has 0 aliphatic rings. The van der Waals surface area contributed by atoms with Gasteiger partial charge in [-0.1, -0.05) is 24.3 Å². The predicted molar refractivity (Wildman–Crippen MR) is 94.6 cm³/mol. The zero-order valence-corrected chi connectivity index (χ0v) is 14.6. The highest BCUT2D eigenvalue weighted by Gasteiger charge is 2.22. The number of aromatic nitrogens is 1. The summed E-state index contributed by atoms with van der Waals surface area (Å²) in [7, 11) is 1.38. The molecule has 0 aliphatic carbocycles. The van der Waals surface area contributed by atoms with Crippen LogP contribution < -0.4 is 4.74 Å². The first-order valence-corrected chi connectivity index (χ1v) is 8.62. The molecule has 7 heteroatoms. The van der Waals surface area contributed by atoms with Gasteiger partial charge in [-0.05, 0) is 23.3 Å². The molecule has 26 heavy (non-hydrogen) atoms. The third-order valence-electron chi connectivity index (χ3n) is 3.98. The summed E-state index contributed by atoms with van der Waals surface area (Å²) in [6.07, 6.45) is 1.45. The van der Waals surface area contributed by atoms with Crippen molar-refractivity contribution >= 4 is 17.3 Å². The number of aliphatic carboxylic acids is 1. The Kier molecular flexibility index (Phi) is 5.27. The lowest BCUT2D eigenvalue weighted by molar-refractivity contribution is -0.137. The lowest BCUT2D eigenvalue weighted by atomic mass is 9.92. The first-order chi connectivity index (χ1) is 12.5. The van der Waals surface area contributed by atoms with Gasteiger partial charge in [0.15, 0.2) is 11.6 Å². The molecule has 1 unspecified atom stereocenters. The van der Waals surface area contributed by atoms with E-state index in [4.69, 9.17) is 4.74 Å². The Morgan fingerprint density at radius 2 is 2.12 bits per heavy atom. The number of ether oxygens (including phenoxy) is 1. The Morgan fingerprint density at radius 1 is 1.31 bits per heavy atom. The monoisotopic (exact) mass is 375 g/mol. The van der Waals surface area contributed by atoms with Crippen molar-refractivity contribution in [3.8, 4) is 16.9 Å². The largest absolute Gasteiger partial charge is 0.496 e. The summed E-state index contributed by atoms with van der Waals surface area (Å²) in [4.78, 5) is 15.5. The van der Waals surface area contributed by atoms with Crippen molar-refractivity contribution in [2.45, 2.75) is 12.3 Å². The van der Waals surface area contributed by atoms with Crippen LogP contribution in [0.15, 0.2) is 48.0 Å². The Morgan fingerprint density at radius 3 is 2.77 bits per heavy atom. The van der Waals surface area contributed by atoms with Gasteiger partial charge in [0.05, 0.1) is 19.1 Å². The van der Waals surface area contributed by atoms with Gasteiger partial charge < -0.3 is 9.84 Å². The smallest absolute Gasteiger partial charge is 0.304 e. The lowest BCUT2D eigenvalue weighted by Crippen LogP contribution is -2.08. The summed E-state index contributed by atoms with van der Waals surface area (Å²) in [5, 5.41) is 11.7. The summed E-state index contributed by atoms with van der Waals surface area (Å²) < 4.78 is 33.3. The number of benzene rings is 2. The van der Waals surface area contributed by atoms with Crippen molar-refractivity contribution in [1.29, 1.82) is 0 Å². The fraction of sp³-hybridized carbons (Fsp3) is 0.158. The van der Waals surface area contributed by atoms with Crippen LogP contribution in [0.1, 0.15) is 22.9 Å². The number of hydrogen-bond donors (Lipinski definition) is 1. The van der Waals surface area contributed by atoms with Crippen LogP contribution in [0.5, 0.6) is 5.75 Å². The number of carboxylic acids is 1. The van der Waals surface area contributed by atoms with E-state index in [0.29, 0.717) is 16.1 Å². The first-order valence-electron chi connectivity index (χ1n) is 7.74. The van der Waals surface area contributed by atoms with E-state index >= 15 is 0 Å². The standard InChI is InChI=1S/C19H15F2NO3S/c1-25-15-6-5-14(20)18(21)17(15)12-4-2-3-11(9-12)13(10-16(23)24)19-22-7-8-26-19/h2-9,13H,10H2,1H3,(H,23,24). The number of carboxylic acid groups (broad SMARTS) is 1. The van der Waals surface area contributed by atoms with Gasteiger partial charge in [-0.25, -0.2) is 13.8 Å². The molecule has 0 aliphatic heterocycles. The number of nitrogens with zero attached hydrogens (tertiary/aromatic N) is 1. The predicted octanol–water partition coefficient (Wildman–Crippen LogP) is 4.70. The van der Waals surface area contributed by atoms with Gasteiger partial charge >= 0.3 is 5.97 Å². The Hall–Kier alpha value is -2.80. The highest BCUT2D eigenvalue weighted by Crippen LogP contribution is 2.37.